The van der Waals surface area contributed by atoms with Gasteiger partial charge in [0.15, 0.2) is 0 Å². The van der Waals surface area contributed by atoms with E-state index in [0.717, 1.165) is 10.9 Å². The molecule has 1 amide bonds. The molecule has 0 unspecified atom stereocenters. The first-order chi connectivity index (χ1) is 11.0. The lowest BCUT2D eigenvalue weighted by Gasteiger charge is -2.06. The van der Waals surface area contributed by atoms with Gasteiger partial charge in [-0.05, 0) is 29.8 Å². The van der Waals surface area contributed by atoms with Gasteiger partial charge in [-0.2, -0.15) is 0 Å². The van der Waals surface area contributed by atoms with Crippen LogP contribution in [0.5, 0.6) is 5.75 Å². The quantitative estimate of drug-likeness (QED) is 0.557. The number of nitrogens with one attached hydrogen (secondary N) is 1. The van der Waals surface area contributed by atoms with Crippen LogP contribution in [0.15, 0.2) is 48.5 Å². The number of hydrogen-bond acceptors (Lipinski definition) is 4. The average molecular weight is 311 g/mol. The summed E-state index contributed by atoms with van der Waals surface area (Å²) in [6, 6.07) is 13.2. The van der Waals surface area contributed by atoms with E-state index >= 15 is 0 Å². The first-order valence-electron chi connectivity index (χ1n) is 6.81. The van der Waals surface area contributed by atoms with E-state index in [1.165, 1.54) is 12.1 Å². The van der Waals surface area contributed by atoms with Gasteiger partial charge in [0.2, 0.25) is 0 Å². The Morgan fingerprint density at radius 3 is 2.78 bits per heavy atom. The molecule has 1 aromatic heterocycles. The lowest BCUT2D eigenvalue weighted by atomic mass is 10.2. The number of aromatic amines is 1. The molecule has 0 aliphatic heterocycles. The minimum absolute atomic E-state index is 0.0262. The summed E-state index contributed by atoms with van der Waals surface area (Å²) in [5, 5.41) is 11.6. The molecule has 0 spiro atoms. The molecule has 0 radical (unpaired) electrons. The van der Waals surface area contributed by atoms with E-state index in [2.05, 4.69) is 4.98 Å². The van der Waals surface area contributed by atoms with Gasteiger partial charge in [-0.25, -0.2) is 0 Å². The van der Waals surface area contributed by atoms with Crippen LogP contribution >= 0.6 is 0 Å². The Balaban J connectivity index is 1.77. The van der Waals surface area contributed by atoms with Gasteiger partial charge in [-0.15, -0.1) is 0 Å². The Morgan fingerprint density at radius 2 is 2.04 bits per heavy atom. The Morgan fingerprint density at radius 1 is 1.22 bits per heavy atom. The second kappa shape index (κ2) is 5.80. The fraction of sp³-hybridized carbons (Fsp3) is 0.0625. The number of hydrogen-bond donors (Lipinski definition) is 2. The van der Waals surface area contributed by atoms with E-state index in [1.54, 1.807) is 36.4 Å². The van der Waals surface area contributed by atoms with Gasteiger partial charge in [0.05, 0.1) is 4.92 Å². The predicted molar refractivity (Wildman–Crippen MR) is 84.2 cm³/mol. The summed E-state index contributed by atoms with van der Waals surface area (Å²) in [6.45, 7) is 0.209. The standard InChI is InChI=1S/C16H13N3O4/c17-16(20)15-8-11-7-13(4-5-14(11)18-15)23-9-10-2-1-3-12(6-10)19(21)22/h1-8,18H,9H2,(H2,17,20). The van der Waals surface area contributed by atoms with E-state index < -0.39 is 10.8 Å². The van der Waals surface area contributed by atoms with Crippen molar-refractivity contribution in [3.05, 3.63) is 69.9 Å². The van der Waals surface area contributed by atoms with Gasteiger partial charge in [-0.1, -0.05) is 12.1 Å². The molecule has 0 fully saturated rings. The van der Waals surface area contributed by atoms with Crippen LogP contribution in [0.3, 0.4) is 0 Å². The predicted octanol–water partition coefficient (Wildman–Crippen LogP) is 2.75. The van der Waals surface area contributed by atoms with Crippen LogP contribution in [0, 0.1) is 10.1 Å². The molecule has 23 heavy (non-hydrogen) atoms. The number of carbonyl (C=O) groups is 1. The highest BCUT2D eigenvalue weighted by atomic mass is 16.6. The number of H-pyrrole nitrogens is 1. The number of non-ortho nitro benzene ring substituents is 1. The third kappa shape index (κ3) is 3.13. The van der Waals surface area contributed by atoms with Gasteiger partial charge < -0.3 is 15.5 Å². The summed E-state index contributed by atoms with van der Waals surface area (Å²) in [4.78, 5) is 24.4. The molecule has 0 saturated heterocycles. The monoisotopic (exact) mass is 311 g/mol. The lowest BCUT2D eigenvalue weighted by molar-refractivity contribution is -0.384. The second-order valence-corrected chi connectivity index (χ2v) is 5.01. The molecule has 116 valence electrons. The van der Waals surface area contributed by atoms with E-state index in [4.69, 9.17) is 10.5 Å². The molecule has 0 bridgehead atoms. The molecule has 7 nitrogen and oxygen atoms in total. The highest BCUT2D eigenvalue weighted by Gasteiger charge is 2.08. The number of carbonyl (C=O) groups excluding carboxylic acids is 1. The number of fused-ring (bicyclic) bond motifs is 1. The van der Waals surface area contributed by atoms with Crippen molar-refractivity contribution in [2.24, 2.45) is 5.73 Å². The van der Waals surface area contributed by atoms with Crippen LogP contribution in [0.25, 0.3) is 10.9 Å². The highest BCUT2D eigenvalue weighted by molar-refractivity contribution is 5.97. The molecule has 0 aliphatic carbocycles. The van der Waals surface area contributed by atoms with Crippen molar-refractivity contribution >= 4 is 22.5 Å². The van der Waals surface area contributed by atoms with Crippen molar-refractivity contribution in [2.75, 3.05) is 0 Å². The van der Waals surface area contributed by atoms with Crippen LogP contribution in [-0.2, 0) is 6.61 Å². The number of ether oxygens (including phenoxy) is 1. The fourth-order valence-corrected chi connectivity index (χ4v) is 2.26. The number of nitro groups is 1. The first kappa shape index (κ1) is 14.6. The number of nitrogens with zero attached hydrogens (tertiary/aromatic N) is 1. The van der Waals surface area contributed by atoms with Crippen LogP contribution < -0.4 is 10.5 Å². The minimum Gasteiger partial charge on any atom is -0.489 e. The summed E-state index contributed by atoms with van der Waals surface area (Å²) >= 11 is 0. The molecule has 3 aromatic rings. The maximum atomic E-state index is 11.2. The molecule has 2 aromatic carbocycles. The maximum absolute atomic E-state index is 11.2. The minimum atomic E-state index is -0.528. The Kier molecular flexibility index (Phi) is 3.68. The Bertz CT molecular complexity index is 901. The van der Waals surface area contributed by atoms with Crippen LogP contribution in [0.1, 0.15) is 16.1 Å². The molecule has 0 aliphatic rings. The van der Waals surface area contributed by atoms with Crippen molar-refractivity contribution in [1.29, 1.82) is 0 Å². The van der Waals surface area contributed by atoms with Crippen molar-refractivity contribution in [2.45, 2.75) is 6.61 Å². The van der Waals surface area contributed by atoms with Crippen LogP contribution in [0.2, 0.25) is 0 Å². The number of aromatic nitrogens is 1. The van der Waals surface area contributed by atoms with Gasteiger partial charge in [0, 0.05) is 23.0 Å². The normalized spacial score (nSPS) is 10.6. The van der Waals surface area contributed by atoms with E-state index in [1.807, 2.05) is 0 Å². The maximum Gasteiger partial charge on any atom is 0.269 e. The summed E-state index contributed by atoms with van der Waals surface area (Å²) in [6.07, 6.45) is 0. The van der Waals surface area contributed by atoms with E-state index in [9.17, 15) is 14.9 Å². The van der Waals surface area contributed by atoms with Gasteiger partial charge in [0.25, 0.3) is 11.6 Å². The number of amides is 1. The first-order valence-corrected chi connectivity index (χ1v) is 6.81. The number of nitrogens with two attached hydrogens (primary N) is 1. The zero-order valence-electron chi connectivity index (χ0n) is 12.0. The third-order valence-corrected chi connectivity index (χ3v) is 3.38. The summed E-state index contributed by atoms with van der Waals surface area (Å²) in [5.41, 5.74) is 7.07. The van der Waals surface area contributed by atoms with Crippen molar-refractivity contribution < 1.29 is 14.5 Å². The molecular formula is C16H13N3O4. The Hall–Kier alpha value is -3.35. The molecule has 0 atom stereocenters. The van der Waals surface area contributed by atoms with Crippen LogP contribution in [0.4, 0.5) is 5.69 Å². The lowest BCUT2D eigenvalue weighted by Crippen LogP contribution is -2.10. The van der Waals surface area contributed by atoms with Crippen molar-refractivity contribution in [1.82, 2.24) is 4.98 Å². The molecule has 3 rings (SSSR count). The second-order valence-electron chi connectivity index (χ2n) is 5.01. The zero-order valence-corrected chi connectivity index (χ0v) is 12.0. The molecule has 1 heterocycles. The highest BCUT2D eigenvalue weighted by Crippen LogP contribution is 2.23. The zero-order chi connectivity index (χ0) is 16.4. The summed E-state index contributed by atoms with van der Waals surface area (Å²) in [7, 11) is 0. The summed E-state index contributed by atoms with van der Waals surface area (Å²) in [5.74, 6) is 0.0688. The van der Waals surface area contributed by atoms with Gasteiger partial charge in [-0.3, -0.25) is 14.9 Å². The average Bonchev–Trinajstić information content (AvgIpc) is 2.96. The molecule has 3 N–H and O–H groups in total. The molecular weight excluding hydrogens is 298 g/mol. The molecule has 0 saturated carbocycles. The number of benzene rings is 2. The fourth-order valence-electron chi connectivity index (χ4n) is 2.26. The molecule has 7 heteroatoms. The largest absolute Gasteiger partial charge is 0.489 e. The number of rotatable bonds is 5. The smallest absolute Gasteiger partial charge is 0.269 e. The number of primary amides is 1. The number of nitro benzene ring substituents is 1. The van der Waals surface area contributed by atoms with Gasteiger partial charge in [0.1, 0.15) is 18.1 Å². The topological polar surface area (TPSA) is 111 Å². The SMILES string of the molecule is NC(=O)c1cc2cc(OCc3cccc([N+](=O)[O-])c3)ccc2[nH]1. The van der Waals surface area contributed by atoms with Crippen molar-refractivity contribution in [3.8, 4) is 5.75 Å². The van der Waals surface area contributed by atoms with E-state index in [0.29, 0.717) is 17.0 Å². The van der Waals surface area contributed by atoms with Crippen LogP contribution in [-0.4, -0.2) is 15.8 Å². The van der Waals surface area contributed by atoms with Crippen molar-refractivity contribution in [3.63, 3.8) is 0 Å². The van der Waals surface area contributed by atoms with Gasteiger partial charge >= 0.3 is 0 Å². The summed E-state index contributed by atoms with van der Waals surface area (Å²) < 4.78 is 5.65. The Labute approximate surface area is 130 Å². The third-order valence-electron chi connectivity index (χ3n) is 3.38. The van der Waals surface area contributed by atoms with E-state index in [-0.39, 0.29) is 12.3 Å².